The minimum absolute atomic E-state index is 0.0302. The van der Waals surface area contributed by atoms with Gasteiger partial charge in [-0.2, -0.15) is 0 Å². The zero-order valence-electron chi connectivity index (χ0n) is 7.01. The molecule has 2 nitrogen and oxygen atoms in total. The Labute approximate surface area is 80.3 Å². The van der Waals surface area contributed by atoms with Crippen LogP contribution >= 0.6 is 11.6 Å². The van der Waals surface area contributed by atoms with Crippen molar-refractivity contribution in [1.82, 2.24) is 0 Å². The molecule has 0 spiro atoms. The minimum Gasteiger partial charge on any atom is -0.494 e. The Bertz CT molecular complexity index is 325. The molecule has 13 heavy (non-hydrogen) atoms. The van der Waals surface area contributed by atoms with Gasteiger partial charge in [-0.05, 0) is 29.3 Å². The van der Waals surface area contributed by atoms with E-state index < -0.39 is 11.1 Å². The summed E-state index contributed by atoms with van der Waals surface area (Å²) in [6, 6.07) is 4.30. The van der Waals surface area contributed by atoms with Gasteiger partial charge in [0.2, 0.25) is 5.24 Å². The molecule has 4 heteroatoms. The second-order valence-electron chi connectivity index (χ2n) is 2.50. The van der Waals surface area contributed by atoms with Crippen LogP contribution in [0.1, 0.15) is 5.56 Å². The molecule has 0 saturated heterocycles. The van der Waals surface area contributed by atoms with Crippen LogP contribution in [0.2, 0.25) is 0 Å². The van der Waals surface area contributed by atoms with Gasteiger partial charge in [-0.15, -0.1) is 0 Å². The van der Waals surface area contributed by atoms with Gasteiger partial charge in [-0.25, -0.2) is 4.39 Å². The second kappa shape index (κ2) is 4.23. The molecule has 0 N–H and O–H groups in total. The third-order valence-electron chi connectivity index (χ3n) is 1.56. The molecule has 0 aliphatic rings. The number of halogens is 2. The number of methoxy groups -OCH3 is 1. The maximum atomic E-state index is 13.0. The third kappa shape index (κ3) is 2.70. The molecule has 70 valence electrons. The van der Waals surface area contributed by atoms with E-state index in [2.05, 4.69) is 0 Å². The monoisotopic (exact) mass is 202 g/mol. The highest BCUT2D eigenvalue weighted by Gasteiger charge is 2.05. The van der Waals surface area contributed by atoms with E-state index in [1.54, 1.807) is 6.07 Å². The van der Waals surface area contributed by atoms with Crippen LogP contribution in [0, 0.1) is 5.82 Å². The molecule has 0 aliphatic heterocycles. The predicted octanol–water partition coefficient (Wildman–Crippen LogP) is 2.14. The van der Waals surface area contributed by atoms with E-state index >= 15 is 0 Å². The topological polar surface area (TPSA) is 26.3 Å². The lowest BCUT2D eigenvalue weighted by molar-refractivity contribution is -0.111. The molecule has 0 unspecified atom stereocenters. The van der Waals surface area contributed by atoms with E-state index in [-0.39, 0.29) is 12.2 Å². The van der Waals surface area contributed by atoms with Crippen molar-refractivity contribution in [1.29, 1.82) is 0 Å². The zero-order chi connectivity index (χ0) is 9.84. The molecule has 0 bridgehead atoms. The smallest absolute Gasteiger partial charge is 0.226 e. The average Bonchev–Trinajstić information content (AvgIpc) is 2.03. The fraction of sp³-hybridized carbons (Fsp3) is 0.222. The standard InChI is InChI=1S/C9H8ClFO2/c1-13-8-3-2-6(4-7(8)11)5-9(10)12/h2-4H,5H2,1H3. The maximum absolute atomic E-state index is 13.0. The van der Waals surface area contributed by atoms with Crippen LogP contribution in [-0.4, -0.2) is 12.4 Å². The lowest BCUT2D eigenvalue weighted by atomic mass is 10.1. The van der Waals surface area contributed by atoms with E-state index in [1.807, 2.05) is 0 Å². The summed E-state index contributed by atoms with van der Waals surface area (Å²) >= 11 is 5.15. The lowest BCUT2D eigenvalue weighted by Crippen LogP contribution is -1.95. The van der Waals surface area contributed by atoms with Crippen LogP contribution in [0.15, 0.2) is 18.2 Å². The summed E-state index contributed by atoms with van der Waals surface area (Å²) in [4.78, 5) is 10.5. The summed E-state index contributed by atoms with van der Waals surface area (Å²) in [5.41, 5.74) is 0.540. The number of carbonyl (C=O) groups is 1. The number of ether oxygens (including phenoxy) is 1. The fourth-order valence-corrected chi connectivity index (χ4v) is 1.13. The van der Waals surface area contributed by atoms with Crippen LogP contribution in [0.5, 0.6) is 5.75 Å². The van der Waals surface area contributed by atoms with E-state index in [0.29, 0.717) is 5.56 Å². The molecule has 0 saturated carbocycles. The van der Waals surface area contributed by atoms with Crippen molar-refractivity contribution in [3.05, 3.63) is 29.6 Å². The van der Waals surface area contributed by atoms with Gasteiger partial charge in [0.1, 0.15) is 0 Å². The highest BCUT2D eigenvalue weighted by molar-refractivity contribution is 6.63. The Morgan fingerprint density at radius 3 is 2.77 bits per heavy atom. The van der Waals surface area contributed by atoms with Crippen molar-refractivity contribution in [3.63, 3.8) is 0 Å². The SMILES string of the molecule is COc1ccc(CC(=O)Cl)cc1F. The predicted molar refractivity (Wildman–Crippen MR) is 47.5 cm³/mol. The quantitative estimate of drug-likeness (QED) is 0.702. The number of hydrogen-bond acceptors (Lipinski definition) is 2. The normalized spacial score (nSPS) is 9.77. The number of benzene rings is 1. The molecule has 0 aromatic heterocycles. The Kier molecular flexibility index (Phi) is 3.25. The largest absolute Gasteiger partial charge is 0.494 e. The van der Waals surface area contributed by atoms with Gasteiger partial charge < -0.3 is 4.74 Å². The number of hydrogen-bond donors (Lipinski definition) is 0. The summed E-state index contributed by atoms with van der Waals surface area (Å²) in [5, 5.41) is -0.510. The average molecular weight is 203 g/mol. The highest BCUT2D eigenvalue weighted by atomic mass is 35.5. The van der Waals surface area contributed by atoms with Gasteiger partial charge in [0.05, 0.1) is 7.11 Å². The number of carbonyl (C=O) groups excluding carboxylic acids is 1. The zero-order valence-corrected chi connectivity index (χ0v) is 7.77. The Morgan fingerprint density at radius 2 is 2.31 bits per heavy atom. The number of rotatable bonds is 3. The van der Waals surface area contributed by atoms with Crippen LogP contribution in [-0.2, 0) is 11.2 Å². The van der Waals surface area contributed by atoms with Crippen molar-refractivity contribution < 1.29 is 13.9 Å². The Hall–Kier alpha value is -1.09. The molecular formula is C9H8ClFO2. The first-order valence-corrected chi connectivity index (χ1v) is 4.02. The summed E-state index contributed by atoms with van der Waals surface area (Å²) in [5.74, 6) is -0.330. The van der Waals surface area contributed by atoms with E-state index in [1.165, 1.54) is 19.2 Å². The minimum atomic E-state index is -0.510. The van der Waals surface area contributed by atoms with Crippen molar-refractivity contribution in [2.75, 3.05) is 7.11 Å². The first-order valence-electron chi connectivity index (χ1n) is 3.64. The molecule has 0 atom stereocenters. The molecule has 0 aliphatic carbocycles. The van der Waals surface area contributed by atoms with E-state index in [0.717, 1.165) is 0 Å². The van der Waals surface area contributed by atoms with Gasteiger partial charge in [0.25, 0.3) is 0 Å². The summed E-state index contributed by atoms with van der Waals surface area (Å²) in [6.07, 6.45) is 0.0302. The highest BCUT2D eigenvalue weighted by Crippen LogP contribution is 2.18. The van der Waals surface area contributed by atoms with Gasteiger partial charge >= 0.3 is 0 Å². The molecule has 0 radical (unpaired) electrons. The van der Waals surface area contributed by atoms with Crippen molar-refractivity contribution in [3.8, 4) is 5.75 Å². The van der Waals surface area contributed by atoms with Crippen molar-refractivity contribution >= 4 is 16.8 Å². The van der Waals surface area contributed by atoms with Crippen LogP contribution < -0.4 is 4.74 Å². The van der Waals surface area contributed by atoms with E-state index in [4.69, 9.17) is 16.3 Å². The molecule has 1 rings (SSSR count). The molecule has 1 aromatic carbocycles. The van der Waals surface area contributed by atoms with Gasteiger partial charge in [-0.3, -0.25) is 4.79 Å². The van der Waals surface area contributed by atoms with Crippen LogP contribution in [0.3, 0.4) is 0 Å². The summed E-state index contributed by atoms with van der Waals surface area (Å²) in [7, 11) is 1.38. The van der Waals surface area contributed by atoms with Gasteiger partial charge in [0.15, 0.2) is 11.6 Å². The summed E-state index contributed by atoms with van der Waals surface area (Å²) < 4.78 is 17.7. The molecule has 0 heterocycles. The summed E-state index contributed by atoms with van der Waals surface area (Å²) in [6.45, 7) is 0. The molecule has 1 aromatic rings. The van der Waals surface area contributed by atoms with Gasteiger partial charge in [-0.1, -0.05) is 6.07 Å². The Balaban J connectivity index is 2.89. The van der Waals surface area contributed by atoms with E-state index in [9.17, 15) is 9.18 Å². The Morgan fingerprint density at radius 1 is 1.62 bits per heavy atom. The van der Waals surface area contributed by atoms with Crippen molar-refractivity contribution in [2.45, 2.75) is 6.42 Å². The third-order valence-corrected chi connectivity index (χ3v) is 1.69. The van der Waals surface area contributed by atoms with Crippen LogP contribution in [0.25, 0.3) is 0 Å². The fourth-order valence-electron chi connectivity index (χ4n) is 0.980. The lowest BCUT2D eigenvalue weighted by Gasteiger charge is -2.02. The second-order valence-corrected chi connectivity index (χ2v) is 2.92. The van der Waals surface area contributed by atoms with Crippen molar-refractivity contribution in [2.24, 2.45) is 0 Å². The maximum Gasteiger partial charge on any atom is 0.226 e. The molecular weight excluding hydrogens is 195 g/mol. The first kappa shape index (κ1) is 9.99. The first-order chi connectivity index (χ1) is 6.13. The van der Waals surface area contributed by atoms with Crippen LogP contribution in [0.4, 0.5) is 4.39 Å². The molecule has 0 amide bonds. The van der Waals surface area contributed by atoms with Gasteiger partial charge in [0, 0.05) is 6.42 Å². The molecule has 0 fully saturated rings.